The van der Waals surface area contributed by atoms with Gasteiger partial charge in [0.15, 0.2) is 0 Å². The second-order valence-electron chi connectivity index (χ2n) is 4.12. The highest BCUT2D eigenvalue weighted by Crippen LogP contribution is 2.34. The van der Waals surface area contributed by atoms with Gasteiger partial charge in [-0.3, -0.25) is 0 Å². The summed E-state index contributed by atoms with van der Waals surface area (Å²) in [7, 11) is 0. The first kappa shape index (κ1) is 11.2. The standard InChI is InChI=1S/C12H12BrN3S/c1-8-10-3-5-17-11(10)2-4-16(8)12-14-6-9(13)7-15-12/h3,5-8H,2,4H2,1H3/t8-/m0/s1. The maximum absolute atomic E-state index is 4.38. The molecule has 3 rings (SSSR count). The number of aromatic nitrogens is 2. The van der Waals surface area contributed by atoms with Crippen LogP contribution in [0.15, 0.2) is 28.3 Å². The maximum atomic E-state index is 4.38. The lowest BCUT2D eigenvalue weighted by Gasteiger charge is -2.33. The minimum absolute atomic E-state index is 0.367. The predicted molar refractivity (Wildman–Crippen MR) is 73.5 cm³/mol. The van der Waals surface area contributed by atoms with Crippen molar-refractivity contribution in [3.63, 3.8) is 0 Å². The van der Waals surface area contributed by atoms with Crippen LogP contribution in [-0.2, 0) is 6.42 Å². The fraction of sp³-hybridized carbons (Fsp3) is 0.333. The quantitative estimate of drug-likeness (QED) is 0.808. The second-order valence-corrected chi connectivity index (χ2v) is 6.04. The van der Waals surface area contributed by atoms with Gasteiger partial charge in [-0.15, -0.1) is 11.3 Å². The number of anilines is 1. The molecule has 0 bridgehead atoms. The zero-order valence-electron chi connectivity index (χ0n) is 9.43. The van der Waals surface area contributed by atoms with Crippen molar-refractivity contribution in [1.82, 2.24) is 9.97 Å². The number of nitrogens with zero attached hydrogens (tertiary/aromatic N) is 3. The Bertz CT molecular complexity index is 523. The largest absolute Gasteiger partial charge is 0.334 e. The highest BCUT2D eigenvalue weighted by molar-refractivity contribution is 9.10. The molecule has 0 radical (unpaired) electrons. The Labute approximate surface area is 113 Å². The van der Waals surface area contributed by atoms with Crippen LogP contribution in [0.4, 0.5) is 5.95 Å². The molecule has 1 aliphatic heterocycles. The Hall–Kier alpha value is -0.940. The smallest absolute Gasteiger partial charge is 0.225 e. The first-order valence-electron chi connectivity index (χ1n) is 5.56. The summed E-state index contributed by atoms with van der Waals surface area (Å²) in [6.45, 7) is 3.21. The van der Waals surface area contributed by atoms with Crippen molar-refractivity contribution in [2.24, 2.45) is 0 Å². The summed E-state index contributed by atoms with van der Waals surface area (Å²) in [6, 6.07) is 2.58. The van der Waals surface area contributed by atoms with Crippen LogP contribution < -0.4 is 4.90 Å². The van der Waals surface area contributed by atoms with Crippen LogP contribution in [-0.4, -0.2) is 16.5 Å². The van der Waals surface area contributed by atoms with Gasteiger partial charge in [0.2, 0.25) is 5.95 Å². The van der Waals surface area contributed by atoms with Gasteiger partial charge in [-0.1, -0.05) is 0 Å². The van der Waals surface area contributed by atoms with E-state index in [1.807, 2.05) is 11.3 Å². The van der Waals surface area contributed by atoms with Gasteiger partial charge in [0, 0.05) is 23.8 Å². The van der Waals surface area contributed by atoms with Crippen molar-refractivity contribution in [1.29, 1.82) is 0 Å². The molecule has 3 heterocycles. The zero-order valence-corrected chi connectivity index (χ0v) is 11.8. The molecule has 0 aromatic carbocycles. The molecule has 0 aliphatic carbocycles. The topological polar surface area (TPSA) is 29.0 Å². The summed E-state index contributed by atoms with van der Waals surface area (Å²) in [6.07, 6.45) is 4.70. The van der Waals surface area contributed by atoms with Gasteiger partial charge < -0.3 is 4.90 Å². The van der Waals surface area contributed by atoms with E-state index in [1.54, 1.807) is 12.4 Å². The van der Waals surface area contributed by atoms with Gasteiger partial charge >= 0.3 is 0 Å². The molecule has 0 saturated carbocycles. The second kappa shape index (κ2) is 4.38. The number of hydrogen-bond donors (Lipinski definition) is 0. The molecule has 3 nitrogen and oxygen atoms in total. The average molecular weight is 310 g/mol. The van der Waals surface area contributed by atoms with E-state index in [-0.39, 0.29) is 0 Å². The Kier molecular flexibility index (Phi) is 2.88. The van der Waals surface area contributed by atoms with Crippen molar-refractivity contribution >= 4 is 33.2 Å². The fourth-order valence-corrected chi connectivity index (χ4v) is 3.40. The summed E-state index contributed by atoms with van der Waals surface area (Å²) in [5.41, 5.74) is 1.42. The molecule has 0 spiro atoms. The normalized spacial score (nSPS) is 19.2. The Morgan fingerprint density at radius 1 is 1.41 bits per heavy atom. The number of thiophene rings is 1. The molecule has 1 atom stereocenters. The predicted octanol–water partition coefficient (Wildman–Crippen LogP) is 3.42. The molecule has 2 aromatic rings. The van der Waals surface area contributed by atoms with Gasteiger partial charge in [-0.2, -0.15) is 0 Å². The third-order valence-corrected chi connectivity index (χ3v) is 4.55. The molecule has 0 unspecified atom stereocenters. The Balaban J connectivity index is 1.93. The van der Waals surface area contributed by atoms with E-state index in [9.17, 15) is 0 Å². The Morgan fingerprint density at radius 2 is 2.18 bits per heavy atom. The minimum atomic E-state index is 0.367. The molecule has 0 fully saturated rings. The van der Waals surface area contributed by atoms with Crippen LogP contribution in [0.2, 0.25) is 0 Å². The molecule has 2 aromatic heterocycles. The van der Waals surface area contributed by atoms with E-state index in [0.717, 1.165) is 23.4 Å². The summed E-state index contributed by atoms with van der Waals surface area (Å²) in [5, 5.41) is 2.17. The summed E-state index contributed by atoms with van der Waals surface area (Å²) < 4.78 is 0.919. The molecule has 1 aliphatic rings. The summed E-state index contributed by atoms with van der Waals surface area (Å²) in [5.74, 6) is 0.817. The molecule has 0 N–H and O–H groups in total. The van der Waals surface area contributed by atoms with Crippen molar-refractivity contribution in [2.45, 2.75) is 19.4 Å². The van der Waals surface area contributed by atoms with E-state index in [2.05, 4.69) is 49.2 Å². The van der Waals surface area contributed by atoms with Crippen LogP contribution in [0.3, 0.4) is 0 Å². The molecule has 17 heavy (non-hydrogen) atoms. The van der Waals surface area contributed by atoms with E-state index in [4.69, 9.17) is 0 Å². The van der Waals surface area contributed by atoms with Crippen LogP contribution in [0.1, 0.15) is 23.4 Å². The van der Waals surface area contributed by atoms with Gasteiger partial charge in [0.25, 0.3) is 0 Å². The molecule has 0 amide bonds. The molecular formula is C12H12BrN3S. The SMILES string of the molecule is C[C@H]1c2ccsc2CCN1c1ncc(Br)cn1. The number of hydrogen-bond acceptors (Lipinski definition) is 4. The van der Waals surface area contributed by atoms with Crippen molar-refractivity contribution < 1.29 is 0 Å². The van der Waals surface area contributed by atoms with E-state index in [0.29, 0.717) is 6.04 Å². The molecule has 5 heteroatoms. The van der Waals surface area contributed by atoms with E-state index < -0.39 is 0 Å². The van der Waals surface area contributed by atoms with Gasteiger partial charge in [0.1, 0.15) is 0 Å². The molecule has 0 saturated heterocycles. The monoisotopic (exact) mass is 309 g/mol. The number of fused-ring (bicyclic) bond motifs is 1. The lowest BCUT2D eigenvalue weighted by molar-refractivity contribution is 0.615. The zero-order chi connectivity index (χ0) is 11.8. The van der Waals surface area contributed by atoms with Crippen molar-refractivity contribution in [3.05, 3.63) is 38.8 Å². The van der Waals surface area contributed by atoms with Crippen molar-refractivity contribution in [2.75, 3.05) is 11.4 Å². The number of rotatable bonds is 1. The van der Waals surface area contributed by atoms with Crippen LogP contribution in [0.25, 0.3) is 0 Å². The fourth-order valence-electron chi connectivity index (χ4n) is 2.24. The first-order chi connectivity index (χ1) is 8.25. The molecular weight excluding hydrogens is 298 g/mol. The van der Waals surface area contributed by atoms with Gasteiger partial charge in [-0.25, -0.2) is 9.97 Å². The lowest BCUT2D eigenvalue weighted by atomic mass is 10.0. The third-order valence-electron chi connectivity index (χ3n) is 3.14. The maximum Gasteiger partial charge on any atom is 0.225 e. The Morgan fingerprint density at radius 3 is 2.94 bits per heavy atom. The van der Waals surface area contributed by atoms with Gasteiger partial charge in [0.05, 0.1) is 10.5 Å². The van der Waals surface area contributed by atoms with Crippen LogP contribution >= 0.6 is 27.3 Å². The van der Waals surface area contributed by atoms with E-state index in [1.165, 1.54) is 10.4 Å². The van der Waals surface area contributed by atoms with Crippen LogP contribution in [0, 0.1) is 0 Å². The third kappa shape index (κ3) is 1.98. The van der Waals surface area contributed by atoms with E-state index >= 15 is 0 Å². The lowest BCUT2D eigenvalue weighted by Crippen LogP contribution is -2.34. The summed E-state index contributed by atoms with van der Waals surface area (Å²) >= 11 is 5.22. The average Bonchev–Trinajstić information content (AvgIpc) is 2.80. The minimum Gasteiger partial charge on any atom is -0.334 e. The van der Waals surface area contributed by atoms with Crippen molar-refractivity contribution in [3.8, 4) is 0 Å². The highest BCUT2D eigenvalue weighted by Gasteiger charge is 2.26. The van der Waals surface area contributed by atoms with Crippen LogP contribution in [0.5, 0.6) is 0 Å². The molecule has 88 valence electrons. The number of halogens is 1. The highest BCUT2D eigenvalue weighted by atomic mass is 79.9. The summed E-state index contributed by atoms with van der Waals surface area (Å²) in [4.78, 5) is 12.5. The first-order valence-corrected chi connectivity index (χ1v) is 7.23. The van der Waals surface area contributed by atoms with Gasteiger partial charge in [-0.05, 0) is 46.3 Å².